The number of hydrogen-bond donors (Lipinski definition) is 2. The Morgan fingerprint density at radius 3 is 2.50 bits per heavy atom. The van der Waals surface area contributed by atoms with E-state index in [0.29, 0.717) is 63.4 Å². The molecule has 1 amide bonds. The Morgan fingerprint density at radius 2 is 1.82 bits per heavy atom. The zero-order valence-electron chi connectivity index (χ0n) is 30.1. The lowest BCUT2D eigenvalue weighted by Gasteiger charge is -2.59. The van der Waals surface area contributed by atoms with E-state index in [9.17, 15) is 15.0 Å². The highest BCUT2D eigenvalue weighted by molar-refractivity contribution is 6.02. The largest absolute Gasteiger partial charge is 0.490 e. The van der Waals surface area contributed by atoms with Crippen LogP contribution in [0.1, 0.15) is 83.1 Å². The summed E-state index contributed by atoms with van der Waals surface area (Å²) in [4.78, 5) is 21.5. The maximum atomic E-state index is 14.0. The Hall–Kier alpha value is -3.60. The Bertz CT molecular complexity index is 1340. The molecule has 1 saturated carbocycles. The average molecular weight is 695 g/mol. The third-order valence-electron chi connectivity index (χ3n) is 9.94. The van der Waals surface area contributed by atoms with Crippen LogP contribution in [0.15, 0.2) is 73.0 Å². The second-order valence-corrected chi connectivity index (χ2v) is 13.2. The van der Waals surface area contributed by atoms with Crippen molar-refractivity contribution >= 4 is 11.8 Å². The van der Waals surface area contributed by atoms with Crippen molar-refractivity contribution in [3.63, 3.8) is 0 Å². The Labute approximate surface area is 298 Å². The highest BCUT2D eigenvalue weighted by Gasteiger charge is 2.65. The van der Waals surface area contributed by atoms with Gasteiger partial charge in [-0.1, -0.05) is 55.8 Å². The highest BCUT2D eigenvalue weighted by atomic mass is 16.7. The smallest absolute Gasteiger partial charge is 0.410 e. The molecule has 10 nitrogen and oxygen atoms in total. The number of fused-ring (bicyclic) bond motifs is 2. The summed E-state index contributed by atoms with van der Waals surface area (Å²) in [6.07, 6.45) is 13.5. The summed E-state index contributed by atoms with van der Waals surface area (Å²) in [5.41, 5.74) is 2.76. The first-order valence-corrected chi connectivity index (χ1v) is 18.4. The van der Waals surface area contributed by atoms with Gasteiger partial charge in [-0.3, -0.25) is 4.90 Å². The molecule has 0 radical (unpaired) electrons. The summed E-state index contributed by atoms with van der Waals surface area (Å²) in [5, 5.41) is 24.2. The molecule has 0 bridgehead atoms. The average Bonchev–Trinajstić information content (AvgIpc) is 3.12. The van der Waals surface area contributed by atoms with Gasteiger partial charge in [0.25, 0.3) is 0 Å². The molecule has 276 valence electrons. The predicted octanol–water partition coefficient (Wildman–Crippen LogP) is 7.33. The van der Waals surface area contributed by atoms with Crippen LogP contribution in [0.5, 0.6) is 11.5 Å². The second kappa shape index (κ2) is 19.7. The number of allylic oxidation sites excluding steroid dienone is 1. The number of nitrogens with zero attached hydrogens (tertiary/aromatic N) is 2. The number of aliphatic hydroxyl groups is 2. The van der Waals surface area contributed by atoms with Crippen molar-refractivity contribution in [2.75, 3.05) is 46.2 Å². The third kappa shape index (κ3) is 8.82. The molecule has 1 aromatic rings. The summed E-state index contributed by atoms with van der Waals surface area (Å²) in [6.45, 7) is 17.4. The van der Waals surface area contributed by atoms with Crippen LogP contribution in [-0.2, 0) is 14.3 Å². The van der Waals surface area contributed by atoms with Crippen LogP contribution in [0.2, 0.25) is 0 Å². The lowest BCUT2D eigenvalue weighted by Crippen LogP contribution is -2.70. The lowest BCUT2D eigenvalue weighted by molar-refractivity contribution is -0.255. The molecule has 1 fully saturated rings. The third-order valence-corrected chi connectivity index (χ3v) is 9.94. The van der Waals surface area contributed by atoms with E-state index in [0.717, 1.165) is 42.5 Å². The first kappa shape index (κ1) is 39.2. The number of oxime groups is 1. The maximum Gasteiger partial charge on any atom is 0.410 e. The lowest BCUT2D eigenvalue weighted by atomic mass is 9.55. The summed E-state index contributed by atoms with van der Waals surface area (Å²) >= 11 is 0. The number of hydrogen-bond acceptors (Lipinski definition) is 9. The molecular formula is C40H58N2O8. The van der Waals surface area contributed by atoms with Crippen LogP contribution in [-0.4, -0.2) is 84.9 Å². The minimum atomic E-state index is -1.32. The molecule has 6 atom stereocenters. The number of ether oxygens (including phenoxy) is 4. The SMILES string of the molecule is C=CCCOC(=O)N(CCC)C1CC(=NOCC)C2=CC(CCCCO)C(CCCCO)C3c4cc(OCC=C)ccc4OC1(OCC=C)C23. The zero-order valence-corrected chi connectivity index (χ0v) is 30.1. The van der Waals surface area contributed by atoms with E-state index in [1.165, 1.54) is 0 Å². The van der Waals surface area contributed by atoms with Gasteiger partial charge >= 0.3 is 6.09 Å². The fourth-order valence-electron chi connectivity index (χ4n) is 7.96. The van der Waals surface area contributed by atoms with E-state index < -0.39 is 17.9 Å². The van der Waals surface area contributed by atoms with Crippen molar-refractivity contribution in [3.05, 3.63) is 73.4 Å². The summed E-state index contributed by atoms with van der Waals surface area (Å²) < 4.78 is 26.0. The summed E-state index contributed by atoms with van der Waals surface area (Å²) in [6, 6.07) is 5.30. The Kier molecular flexibility index (Phi) is 15.4. The number of carbonyl (C=O) groups is 1. The van der Waals surface area contributed by atoms with Gasteiger partial charge in [-0.25, -0.2) is 4.79 Å². The van der Waals surface area contributed by atoms with Gasteiger partial charge in [-0.2, -0.15) is 0 Å². The number of benzene rings is 1. The van der Waals surface area contributed by atoms with Crippen molar-refractivity contribution in [1.29, 1.82) is 0 Å². The van der Waals surface area contributed by atoms with Crippen LogP contribution in [0, 0.1) is 17.8 Å². The predicted molar refractivity (Wildman–Crippen MR) is 195 cm³/mol. The Balaban J connectivity index is 2.01. The molecule has 2 N–H and O–H groups in total. The highest BCUT2D eigenvalue weighted by Crippen LogP contribution is 2.62. The van der Waals surface area contributed by atoms with E-state index in [-0.39, 0.29) is 50.1 Å². The topological polar surface area (TPSA) is 119 Å². The summed E-state index contributed by atoms with van der Waals surface area (Å²) in [5.74, 6) is -0.150. The van der Waals surface area contributed by atoms with Gasteiger partial charge < -0.3 is 34.0 Å². The van der Waals surface area contributed by atoms with E-state index in [1.807, 2.05) is 26.0 Å². The van der Waals surface area contributed by atoms with Gasteiger partial charge in [-0.15, -0.1) is 13.2 Å². The van der Waals surface area contributed by atoms with E-state index >= 15 is 0 Å². The molecule has 1 aromatic carbocycles. The number of rotatable bonds is 22. The van der Waals surface area contributed by atoms with Gasteiger partial charge in [0.15, 0.2) is 0 Å². The van der Waals surface area contributed by atoms with E-state index in [1.54, 1.807) is 23.1 Å². The van der Waals surface area contributed by atoms with Gasteiger partial charge in [-0.05, 0) is 81.1 Å². The molecule has 0 saturated heterocycles. The van der Waals surface area contributed by atoms with Gasteiger partial charge in [0, 0.05) is 37.7 Å². The molecule has 0 spiro atoms. The fraction of sp³-hybridized carbons (Fsp3) is 0.600. The van der Waals surface area contributed by atoms with Crippen LogP contribution >= 0.6 is 0 Å². The molecule has 1 heterocycles. The number of unbranched alkanes of at least 4 members (excludes halogenated alkanes) is 2. The molecule has 50 heavy (non-hydrogen) atoms. The fourth-order valence-corrected chi connectivity index (χ4v) is 7.96. The molecule has 0 aromatic heterocycles. The molecule has 3 aliphatic rings. The number of aliphatic hydroxyl groups excluding tert-OH is 2. The second-order valence-electron chi connectivity index (χ2n) is 13.2. The molecule has 6 unspecified atom stereocenters. The number of carbonyl (C=O) groups excluding carboxylic acids is 1. The van der Waals surface area contributed by atoms with Gasteiger partial charge in [0.2, 0.25) is 5.79 Å². The first-order valence-electron chi connectivity index (χ1n) is 18.4. The molecule has 1 aliphatic heterocycles. The Morgan fingerprint density at radius 1 is 1.06 bits per heavy atom. The van der Waals surface area contributed by atoms with Crippen molar-refractivity contribution < 1.29 is 38.8 Å². The quantitative estimate of drug-likeness (QED) is 0.0736. The minimum Gasteiger partial charge on any atom is -0.490 e. The minimum absolute atomic E-state index is 0.121. The zero-order chi connectivity index (χ0) is 35.9. The normalized spacial score (nSPS) is 25.7. The molecule has 4 rings (SSSR count). The first-order chi connectivity index (χ1) is 24.4. The molecule has 10 heteroatoms. The molecule has 2 aliphatic carbocycles. The van der Waals surface area contributed by atoms with Crippen LogP contribution in [0.25, 0.3) is 0 Å². The van der Waals surface area contributed by atoms with Crippen molar-refractivity contribution in [1.82, 2.24) is 4.90 Å². The summed E-state index contributed by atoms with van der Waals surface area (Å²) in [7, 11) is 0. The maximum absolute atomic E-state index is 14.0. The molecular weight excluding hydrogens is 636 g/mol. The monoisotopic (exact) mass is 694 g/mol. The van der Waals surface area contributed by atoms with Gasteiger partial charge in [0.1, 0.15) is 30.8 Å². The van der Waals surface area contributed by atoms with E-state index in [2.05, 4.69) is 31.9 Å². The van der Waals surface area contributed by atoms with E-state index in [4.69, 9.17) is 28.9 Å². The van der Waals surface area contributed by atoms with Crippen LogP contribution in [0.3, 0.4) is 0 Å². The van der Waals surface area contributed by atoms with Crippen molar-refractivity contribution in [3.8, 4) is 11.5 Å². The van der Waals surface area contributed by atoms with Crippen molar-refractivity contribution in [2.24, 2.45) is 22.9 Å². The van der Waals surface area contributed by atoms with Crippen molar-refractivity contribution in [2.45, 2.75) is 89.4 Å². The standard InChI is InChI=1S/C40H58N2O8/c1-6-11-25-47-39(45)42(20-7-2)36-28-34(41-49-10-5)32-26-29(16-12-14-21-43)31(17-13-15-22-44)37-33-27-30(46-23-8-3)18-19-35(33)50-40(36,38(32)37)48-24-9-4/h6,8-9,18-19,26-27,29,31,36-38,43-44H,1,3-4,7,10-17,20-25,28H2,2,5H3. The number of amides is 1. The van der Waals surface area contributed by atoms with Crippen LogP contribution < -0.4 is 9.47 Å². The van der Waals surface area contributed by atoms with Gasteiger partial charge in [0.05, 0.1) is 24.8 Å². The van der Waals surface area contributed by atoms with Crippen LogP contribution in [0.4, 0.5) is 4.79 Å².